The molecule has 0 atom stereocenters. The molecule has 0 unspecified atom stereocenters. The van der Waals surface area contributed by atoms with E-state index in [1.165, 1.54) is 25.6 Å². The molecular formula is C28H24N2O5S. The van der Waals surface area contributed by atoms with Crippen LogP contribution in [-0.4, -0.2) is 26.0 Å². The maximum atomic E-state index is 13.3. The van der Waals surface area contributed by atoms with Gasteiger partial charge in [0, 0.05) is 10.4 Å². The Hall–Kier alpha value is -4.56. The standard InChI is InChI=1S/C28H24N2O5S/c1-33-25-15-14-19(17-26(25)34-2)27(31)30-23(18-21-11-8-16-36-21)28(32)29-22-12-6-7-13-24(22)35-20-9-4-3-5-10-20/h3-18H,1-2H3,(H,29,32)(H,30,31)/b23-18-. The highest BCUT2D eigenvalue weighted by Crippen LogP contribution is 2.30. The van der Waals surface area contributed by atoms with Crippen molar-refractivity contribution in [2.24, 2.45) is 0 Å². The first-order chi connectivity index (χ1) is 17.6. The third kappa shape index (κ3) is 6.11. The van der Waals surface area contributed by atoms with Crippen molar-refractivity contribution in [3.8, 4) is 23.0 Å². The number of ether oxygens (including phenoxy) is 3. The van der Waals surface area contributed by atoms with Gasteiger partial charge < -0.3 is 24.8 Å². The molecule has 3 aromatic carbocycles. The quantitative estimate of drug-likeness (QED) is 0.277. The van der Waals surface area contributed by atoms with Crippen LogP contribution in [0.4, 0.5) is 5.69 Å². The normalized spacial score (nSPS) is 10.9. The number of nitrogens with one attached hydrogen (secondary N) is 2. The lowest BCUT2D eigenvalue weighted by molar-refractivity contribution is -0.113. The molecule has 0 aliphatic rings. The monoisotopic (exact) mass is 500 g/mol. The number of amides is 2. The number of hydrogen-bond acceptors (Lipinski definition) is 6. The van der Waals surface area contributed by atoms with E-state index >= 15 is 0 Å². The maximum absolute atomic E-state index is 13.3. The van der Waals surface area contributed by atoms with E-state index < -0.39 is 11.8 Å². The van der Waals surface area contributed by atoms with E-state index in [0.29, 0.717) is 34.2 Å². The second-order valence-corrected chi connectivity index (χ2v) is 8.44. The average Bonchev–Trinajstić information content (AvgIpc) is 3.42. The van der Waals surface area contributed by atoms with Crippen molar-refractivity contribution in [2.45, 2.75) is 0 Å². The van der Waals surface area contributed by atoms with Crippen LogP contribution in [0.3, 0.4) is 0 Å². The van der Waals surface area contributed by atoms with E-state index in [0.717, 1.165) is 4.88 Å². The van der Waals surface area contributed by atoms with Crippen molar-refractivity contribution >= 4 is 34.9 Å². The highest BCUT2D eigenvalue weighted by Gasteiger charge is 2.18. The van der Waals surface area contributed by atoms with Gasteiger partial charge in [0.1, 0.15) is 11.4 Å². The predicted octanol–water partition coefficient (Wildman–Crippen LogP) is 5.97. The second kappa shape index (κ2) is 11.7. The molecule has 2 N–H and O–H groups in total. The van der Waals surface area contributed by atoms with Crippen LogP contribution in [0.15, 0.2) is 96.0 Å². The summed E-state index contributed by atoms with van der Waals surface area (Å²) in [4.78, 5) is 27.2. The first-order valence-corrected chi connectivity index (χ1v) is 11.9. The molecule has 0 saturated carbocycles. The molecule has 0 fully saturated rings. The zero-order valence-electron chi connectivity index (χ0n) is 19.7. The fraction of sp³-hybridized carbons (Fsp3) is 0.0714. The van der Waals surface area contributed by atoms with Gasteiger partial charge in [-0.15, -0.1) is 11.3 Å². The zero-order valence-corrected chi connectivity index (χ0v) is 20.5. The third-order valence-electron chi connectivity index (χ3n) is 5.07. The lowest BCUT2D eigenvalue weighted by atomic mass is 10.1. The van der Waals surface area contributed by atoms with Gasteiger partial charge in [-0.05, 0) is 60.0 Å². The minimum Gasteiger partial charge on any atom is -0.493 e. The van der Waals surface area contributed by atoms with E-state index in [1.807, 2.05) is 53.9 Å². The van der Waals surface area contributed by atoms with Crippen LogP contribution in [0.5, 0.6) is 23.0 Å². The van der Waals surface area contributed by atoms with E-state index in [4.69, 9.17) is 14.2 Å². The van der Waals surface area contributed by atoms with Crippen LogP contribution in [0.2, 0.25) is 0 Å². The lowest BCUT2D eigenvalue weighted by Gasteiger charge is -2.15. The first kappa shape index (κ1) is 24.6. The molecule has 4 aromatic rings. The summed E-state index contributed by atoms with van der Waals surface area (Å²) in [5.74, 6) is 1.04. The Bertz CT molecular complexity index is 1370. The molecule has 0 aliphatic heterocycles. The molecule has 0 saturated heterocycles. The van der Waals surface area contributed by atoms with E-state index in [1.54, 1.807) is 42.5 Å². The van der Waals surface area contributed by atoms with Crippen LogP contribution in [0.1, 0.15) is 15.2 Å². The molecule has 8 heteroatoms. The summed E-state index contributed by atoms with van der Waals surface area (Å²) >= 11 is 1.44. The molecule has 0 radical (unpaired) electrons. The maximum Gasteiger partial charge on any atom is 0.272 e. The summed E-state index contributed by atoms with van der Waals surface area (Å²) in [5, 5.41) is 7.47. The number of carbonyl (C=O) groups is 2. The molecule has 7 nitrogen and oxygen atoms in total. The van der Waals surface area contributed by atoms with Crippen LogP contribution in [0, 0.1) is 0 Å². The number of thiophene rings is 1. The number of rotatable bonds is 9. The number of methoxy groups -OCH3 is 2. The van der Waals surface area contributed by atoms with Crippen LogP contribution >= 0.6 is 11.3 Å². The highest BCUT2D eigenvalue weighted by molar-refractivity contribution is 7.10. The molecule has 182 valence electrons. The van der Waals surface area contributed by atoms with Gasteiger partial charge in [-0.1, -0.05) is 36.4 Å². The first-order valence-electron chi connectivity index (χ1n) is 11.0. The molecule has 0 aliphatic carbocycles. The van der Waals surface area contributed by atoms with Gasteiger partial charge in [0.05, 0.1) is 19.9 Å². The molecule has 4 rings (SSSR count). The number of hydrogen-bond donors (Lipinski definition) is 2. The van der Waals surface area contributed by atoms with Crippen molar-refractivity contribution in [2.75, 3.05) is 19.5 Å². The van der Waals surface area contributed by atoms with Gasteiger partial charge in [-0.25, -0.2) is 0 Å². The van der Waals surface area contributed by atoms with E-state index in [9.17, 15) is 9.59 Å². The minimum absolute atomic E-state index is 0.0757. The predicted molar refractivity (Wildman–Crippen MR) is 141 cm³/mol. The van der Waals surface area contributed by atoms with Crippen molar-refractivity contribution in [1.82, 2.24) is 5.32 Å². The van der Waals surface area contributed by atoms with Crippen LogP contribution < -0.4 is 24.8 Å². The Morgan fingerprint density at radius 2 is 1.56 bits per heavy atom. The minimum atomic E-state index is -0.499. The van der Waals surface area contributed by atoms with Gasteiger partial charge >= 0.3 is 0 Å². The largest absolute Gasteiger partial charge is 0.493 e. The Balaban J connectivity index is 1.59. The summed E-state index contributed by atoms with van der Waals surface area (Å²) in [5.41, 5.74) is 0.848. The van der Waals surface area contributed by atoms with Crippen molar-refractivity contribution < 1.29 is 23.8 Å². The van der Waals surface area contributed by atoms with Crippen LogP contribution in [-0.2, 0) is 4.79 Å². The van der Waals surface area contributed by atoms with Crippen molar-refractivity contribution in [3.05, 3.63) is 106 Å². The summed E-state index contributed by atoms with van der Waals surface area (Å²) in [6.45, 7) is 0. The van der Waals surface area contributed by atoms with Crippen LogP contribution in [0.25, 0.3) is 6.08 Å². The Morgan fingerprint density at radius 3 is 2.28 bits per heavy atom. The van der Waals surface area contributed by atoms with Gasteiger partial charge in [0.25, 0.3) is 11.8 Å². The Labute approximate surface area is 213 Å². The number of para-hydroxylation sites is 3. The number of anilines is 1. The molecule has 2 amide bonds. The fourth-order valence-electron chi connectivity index (χ4n) is 3.31. The average molecular weight is 501 g/mol. The van der Waals surface area contributed by atoms with E-state index in [-0.39, 0.29) is 5.70 Å². The lowest BCUT2D eigenvalue weighted by Crippen LogP contribution is -2.30. The molecule has 0 spiro atoms. The molecule has 1 heterocycles. The van der Waals surface area contributed by atoms with Gasteiger partial charge in [0.2, 0.25) is 0 Å². The van der Waals surface area contributed by atoms with Crippen molar-refractivity contribution in [3.63, 3.8) is 0 Å². The van der Waals surface area contributed by atoms with Gasteiger partial charge in [-0.3, -0.25) is 9.59 Å². The molecule has 36 heavy (non-hydrogen) atoms. The van der Waals surface area contributed by atoms with Gasteiger partial charge in [0.15, 0.2) is 17.2 Å². The Morgan fingerprint density at radius 1 is 0.806 bits per heavy atom. The van der Waals surface area contributed by atoms with Crippen molar-refractivity contribution in [1.29, 1.82) is 0 Å². The fourth-order valence-corrected chi connectivity index (χ4v) is 3.97. The summed E-state index contributed by atoms with van der Waals surface area (Å²) in [7, 11) is 3.01. The molecule has 0 bridgehead atoms. The SMILES string of the molecule is COc1ccc(C(=O)N/C(=C\c2cccs2)C(=O)Nc2ccccc2Oc2ccccc2)cc1OC. The summed E-state index contributed by atoms with van der Waals surface area (Å²) in [6.07, 6.45) is 1.62. The smallest absolute Gasteiger partial charge is 0.272 e. The Kier molecular flexibility index (Phi) is 8.00. The van der Waals surface area contributed by atoms with Gasteiger partial charge in [-0.2, -0.15) is 0 Å². The highest BCUT2D eigenvalue weighted by atomic mass is 32.1. The molecule has 1 aromatic heterocycles. The summed E-state index contributed by atoms with van der Waals surface area (Å²) in [6, 6.07) is 24.9. The summed E-state index contributed by atoms with van der Waals surface area (Å²) < 4.78 is 16.5. The van der Waals surface area contributed by atoms with E-state index in [2.05, 4.69) is 10.6 Å². The third-order valence-corrected chi connectivity index (χ3v) is 5.89. The second-order valence-electron chi connectivity index (χ2n) is 7.46. The molecular weight excluding hydrogens is 476 g/mol. The number of carbonyl (C=O) groups excluding carboxylic acids is 2. The zero-order chi connectivity index (χ0) is 25.3. The number of benzene rings is 3. The topological polar surface area (TPSA) is 85.9 Å².